The summed E-state index contributed by atoms with van der Waals surface area (Å²) < 4.78 is 0. The Morgan fingerprint density at radius 2 is 2.00 bits per heavy atom. The third kappa shape index (κ3) is 2.84. The summed E-state index contributed by atoms with van der Waals surface area (Å²) in [4.78, 5) is 2.17. The molecule has 0 unspecified atom stereocenters. The van der Waals surface area contributed by atoms with Crippen LogP contribution in [0.2, 0.25) is 0 Å². The van der Waals surface area contributed by atoms with Crippen molar-refractivity contribution in [3.05, 3.63) is 0 Å². The molecule has 1 aliphatic carbocycles. The molecule has 0 aromatic carbocycles. The second-order valence-electron chi connectivity index (χ2n) is 6.09. The molecule has 1 aliphatic heterocycles. The van der Waals surface area contributed by atoms with E-state index in [1.165, 1.54) is 25.7 Å². The topological polar surface area (TPSA) is 69.7 Å². The van der Waals surface area contributed by atoms with E-state index in [1.54, 1.807) is 0 Å². The highest BCUT2D eigenvalue weighted by atomic mass is 16.4. The first-order valence-corrected chi connectivity index (χ1v) is 6.89. The quantitative estimate of drug-likeness (QED) is 0.621. The molecule has 5 heteroatoms. The van der Waals surface area contributed by atoms with Crippen LogP contribution in [0.25, 0.3) is 0 Å². The minimum Gasteiger partial charge on any atom is -0.426 e. The maximum Gasteiger partial charge on any atom is 0.469 e. The van der Waals surface area contributed by atoms with Crippen molar-refractivity contribution in [2.24, 2.45) is 11.1 Å². The number of nitrogens with zero attached hydrogens (tertiary/aromatic N) is 1. The standard InChI is InChI=1S/C12H25BN2O2/c1-12(6-2-3-7-12)10(14)9-15-8-4-5-11(15)13(16)17/h10-11,16-17H,2-9,14H2,1H3/t10-,11-/m0/s1. The van der Waals surface area contributed by atoms with E-state index < -0.39 is 7.12 Å². The molecule has 17 heavy (non-hydrogen) atoms. The molecule has 4 nitrogen and oxygen atoms in total. The number of rotatable bonds is 4. The van der Waals surface area contributed by atoms with Gasteiger partial charge in [-0.15, -0.1) is 0 Å². The maximum absolute atomic E-state index is 9.34. The lowest BCUT2D eigenvalue weighted by Gasteiger charge is -2.36. The van der Waals surface area contributed by atoms with E-state index in [0.29, 0.717) is 0 Å². The Morgan fingerprint density at radius 1 is 1.35 bits per heavy atom. The Hall–Kier alpha value is -0.0951. The summed E-state index contributed by atoms with van der Waals surface area (Å²) in [5.74, 6) is -0.106. The van der Waals surface area contributed by atoms with Crippen molar-refractivity contribution in [2.45, 2.75) is 57.4 Å². The summed E-state index contributed by atoms with van der Waals surface area (Å²) in [6, 6.07) is 0.157. The second kappa shape index (κ2) is 5.27. The van der Waals surface area contributed by atoms with Gasteiger partial charge >= 0.3 is 7.12 Å². The van der Waals surface area contributed by atoms with Crippen molar-refractivity contribution in [2.75, 3.05) is 13.1 Å². The Kier molecular flexibility index (Phi) is 4.13. The van der Waals surface area contributed by atoms with Crippen molar-refractivity contribution in [1.29, 1.82) is 0 Å². The predicted octanol–water partition coefficient (Wildman–Crippen LogP) is 0.370. The third-order valence-corrected chi connectivity index (χ3v) is 4.83. The van der Waals surface area contributed by atoms with E-state index in [-0.39, 0.29) is 17.4 Å². The SMILES string of the molecule is CC1([C@@H](N)CN2CCC[C@H]2B(O)O)CCCC1. The van der Waals surface area contributed by atoms with Gasteiger partial charge in [-0.25, -0.2) is 0 Å². The molecule has 0 spiro atoms. The average molecular weight is 240 g/mol. The summed E-state index contributed by atoms with van der Waals surface area (Å²) in [6.07, 6.45) is 6.93. The van der Waals surface area contributed by atoms with Gasteiger partial charge in [-0.3, -0.25) is 0 Å². The molecule has 2 atom stereocenters. The lowest BCUT2D eigenvalue weighted by Crippen LogP contribution is -2.51. The van der Waals surface area contributed by atoms with Crippen molar-refractivity contribution >= 4 is 7.12 Å². The van der Waals surface area contributed by atoms with Crippen LogP contribution in [0.15, 0.2) is 0 Å². The minimum atomic E-state index is -1.22. The van der Waals surface area contributed by atoms with E-state index in [0.717, 1.165) is 25.9 Å². The fourth-order valence-corrected chi connectivity index (χ4v) is 3.44. The first-order valence-electron chi connectivity index (χ1n) is 6.89. The van der Waals surface area contributed by atoms with Crippen molar-refractivity contribution < 1.29 is 10.0 Å². The predicted molar refractivity (Wildman–Crippen MR) is 69.3 cm³/mol. The lowest BCUT2D eigenvalue weighted by molar-refractivity contribution is 0.175. The van der Waals surface area contributed by atoms with Gasteiger partial charge in [-0.05, 0) is 37.6 Å². The molecular formula is C12H25BN2O2. The first-order chi connectivity index (χ1) is 8.03. The van der Waals surface area contributed by atoms with Crippen LogP contribution in [0.4, 0.5) is 0 Å². The summed E-state index contributed by atoms with van der Waals surface area (Å²) in [5.41, 5.74) is 6.61. The first kappa shape index (κ1) is 13.3. The fraction of sp³-hybridized carbons (Fsp3) is 1.00. The van der Waals surface area contributed by atoms with E-state index in [9.17, 15) is 10.0 Å². The van der Waals surface area contributed by atoms with Gasteiger partial charge in [0.1, 0.15) is 0 Å². The number of hydrogen-bond acceptors (Lipinski definition) is 4. The van der Waals surface area contributed by atoms with Gasteiger partial charge in [0, 0.05) is 18.5 Å². The zero-order valence-electron chi connectivity index (χ0n) is 10.8. The highest BCUT2D eigenvalue weighted by Gasteiger charge is 2.39. The van der Waals surface area contributed by atoms with E-state index >= 15 is 0 Å². The van der Waals surface area contributed by atoms with Crippen LogP contribution >= 0.6 is 0 Å². The highest BCUT2D eigenvalue weighted by Crippen LogP contribution is 2.40. The van der Waals surface area contributed by atoms with Gasteiger partial charge in [0.15, 0.2) is 0 Å². The van der Waals surface area contributed by atoms with Crippen LogP contribution in [-0.2, 0) is 0 Å². The number of hydrogen-bond donors (Lipinski definition) is 3. The zero-order valence-corrected chi connectivity index (χ0v) is 10.8. The molecular weight excluding hydrogens is 215 g/mol. The summed E-state index contributed by atoms with van der Waals surface area (Å²) in [5, 5.41) is 18.7. The van der Waals surface area contributed by atoms with Crippen LogP contribution in [0, 0.1) is 5.41 Å². The molecule has 1 saturated heterocycles. The molecule has 0 aromatic rings. The Balaban J connectivity index is 1.91. The normalized spacial score (nSPS) is 30.7. The molecule has 4 N–H and O–H groups in total. The number of nitrogens with two attached hydrogens (primary N) is 1. The molecule has 1 heterocycles. The highest BCUT2D eigenvalue weighted by molar-refractivity contribution is 6.43. The summed E-state index contributed by atoms with van der Waals surface area (Å²) in [7, 11) is -1.22. The molecule has 0 aromatic heterocycles. The molecule has 0 amide bonds. The van der Waals surface area contributed by atoms with Crippen LogP contribution < -0.4 is 5.73 Å². The molecule has 1 saturated carbocycles. The molecule has 0 radical (unpaired) electrons. The Bertz CT molecular complexity index is 257. The monoisotopic (exact) mass is 240 g/mol. The largest absolute Gasteiger partial charge is 0.469 e. The maximum atomic E-state index is 9.34. The molecule has 98 valence electrons. The van der Waals surface area contributed by atoms with Gasteiger partial charge in [0.2, 0.25) is 0 Å². The summed E-state index contributed by atoms with van der Waals surface area (Å²) >= 11 is 0. The average Bonchev–Trinajstić information content (AvgIpc) is 2.87. The van der Waals surface area contributed by atoms with Gasteiger partial charge in [-0.1, -0.05) is 19.8 Å². The van der Waals surface area contributed by atoms with Crippen LogP contribution in [0.3, 0.4) is 0 Å². The Morgan fingerprint density at radius 3 is 2.59 bits per heavy atom. The van der Waals surface area contributed by atoms with Gasteiger partial charge in [0.05, 0.1) is 0 Å². The van der Waals surface area contributed by atoms with Gasteiger partial charge in [0.25, 0.3) is 0 Å². The van der Waals surface area contributed by atoms with Crippen LogP contribution in [0.5, 0.6) is 0 Å². The van der Waals surface area contributed by atoms with Crippen molar-refractivity contribution in [3.8, 4) is 0 Å². The molecule has 2 rings (SSSR count). The lowest BCUT2D eigenvalue weighted by atomic mass is 9.76. The van der Waals surface area contributed by atoms with E-state index in [4.69, 9.17) is 5.73 Å². The van der Waals surface area contributed by atoms with E-state index in [2.05, 4.69) is 11.8 Å². The van der Waals surface area contributed by atoms with Crippen molar-refractivity contribution in [1.82, 2.24) is 4.90 Å². The van der Waals surface area contributed by atoms with Gasteiger partial charge < -0.3 is 20.7 Å². The number of likely N-dealkylation sites (tertiary alicyclic amines) is 1. The van der Waals surface area contributed by atoms with Crippen LogP contribution in [-0.4, -0.2) is 47.1 Å². The smallest absolute Gasteiger partial charge is 0.426 e. The van der Waals surface area contributed by atoms with Crippen molar-refractivity contribution in [3.63, 3.8) is 0 Å². The molecule has 2 aliphatic rings. The second-order valence-corrected chi connectivity index (χ2v) is 6.09. The Labute approximate surface area is 104 Å². The minimum absolute atomic E-state index is 0.106. The van der Waals surface area contributed by atoms with Crippen LogP contribution in [0.1, 0.15) is 45.4 Å². The fourth-order valence-electron chi connectivity index (χ4n) is 3.44. The molecule has 0 bridgehead atoms. The molecule has 2 fully saturated rings. The van der Waals surface area contributed by atoms with Gasteiger partial charge in [-0.2, -0.15) is 0 Å². The third-order valence-electron chi connectivity index (χ3n) is 4.83. The summed E-state index contributed by atoms with van der Waals surface area (Å²) in [6.45, 7) is 4.04. The zero-order chi connectivity index (χ0) is 12.5. The van der Waals surface area contributed by atoms with E-state index in [1.807, 2.05) is 0 Å².